The molecule has 0 saturated heterocycles. The maximum Gasteiger partial charge on any atom is 0.405 e. The fraction of sp³-hybridized carbons (Fsp3) is 0.500. The van der Waals surface area contributed by atoms with E-state index in [1.165, 1.54) is 0 Å². The summed E-state index contributed by atoms with van der Waals surface area (Å²) in [5.74, 6) is -0.930. The van der Waals surface area contributed by atoms with Crippen LogP contribution in [-0.2, 0) is 14.8 Å². The summed E-state index contributed by atoms with van der Waals surface area (Å²) in [4.78, 5) is 11.5. The zero-order chi connectivity index (χ0) is 18.2. The number of hydrogen-bond donors (Lipinski definition) is 2. The fourth-order valence-corrected chi connectivity index (χ4v) is 2.75. The fourth-order valence-electron chi connectivity index (χ4n) is 1.68. The summed E-state index contributed by atoms with van der Waals surface area (Å²) >= 11 is 0. The van der Waals surface area contributed by atoms with Crippen molar-refractivity contribution in [3.05, 3.63) is 29.8 Å². The molecule has 0 spiro atoms. The van der Waals surface area contributed by atoms with Crippen LogP contribution in [0.4, 0.5) is 13.2 Å². The van der Waals surface area contributed by atoms with Gasteiger partial charge in [0.25, 0.3) is 5.91 Å². The van der Waals surface area contributed by atoms with E-state index in [9.17, 15) is 26.4 Å². The smallest absolute Gasteiger partial charge is 0.382 e. The average Bonchev–Trinajstić information content (AvgIpc) is 2.52. The summed E-state index contributed by atoms with van der Waals surface area (Å²) in [6, 6.07) is 4.63. The van der Waals surface area contributed by atoms with Crippen LogP contribution in [0.5, 0.6) is 0 Å². The Morgan fingerprint density at radius 3 is 2.38 bits per heavy atom. The summed E-state index contributed by atoms with van der Waals surface area (Å²) in [5.41, 5.74) is -0.0606. The van der Waals surface area contributed by atoms with Gasteiger partial charge in [-0.25, -0.2) is 13.1 Å². The molecule has 10 heteroatoms. The minimum atomic E-state index is -4.51. The number of rotatable bonds is 9. The Bertz CT molecular complexity index is 630. The maximum absolute atomic E-state index is 12.0. The van der Waals surface area contributed by atoms with Crippen LogP contribution in [0.15, 0.2) is 29.2 Å². The van der Waals surface area contributed by atoms with Crippen molar-refractivity contribution < 1.29 is 31.1 Å². The van der Waals surface area contributed by atoms with Crippen LogP contribution in [0.1, 0.15) is 23.7 Å². The Hall–Kier alpha value is -1.65. The lowest BCUT2D eigenvalue weighted by Gasteiger charge is -2.09. The van der Waals surface area contributed by atoms with Crippen LogP contribution in [0.25, 0.3) is 0 Å². The lowest BCUT2D eigenvalue weighted by atomic mass is 10.2. The van der Waals surface area contributed by atoms with Crippen LogP contribution in [-0.4, -0.2) is 46.8 Å². The molecule has 0 bridgehead atoms. The molecule has 1 rings (SSSR count). The number of nitrogens with one attached hydrogen (secondary N) is 2. The lowest BCUT2D eigenvalue weighted by Crippen LogP contribution is -2.33. The topological polar surface area (TPSA) is 84.5 Å². The molecule has 0 unspecified atom stereocenters. The van der Waals surface area contributed by atoms with Crippen molar-refractivity contribution in [2.24, 2.45) is 0 Å². The second kappa shape index (κ2) is 9.00. The van der Waals surface area contributed by atoms with E-state index in [1.54, 1.807) is 5.32 Å². The van der Waals surface area contributed by atoms with Crippen molar-refractivity contribution in [1.29, 1.82) is 0 Å². The molecular formula is C14H19F3N2O4S. The monoisotopic (exact) mass is 368 g/mol. The first-order valence-corrected chi connectivity index (χ1v) is 8.66. The molecule has 0 aliphatic rings. The van der Waals surface area contributed by atoms with Gasteiger partial charge in [-0.15, -0.1) is 0 Å². The Morgan fingerprint density at radius 1 is 1.21 bits per heavy atom. The van der Waals surface area contributed by atoms with Crippen molar-refractivity contribution in [1.82, 2.24) is 10.0 Å². The highest BCUT2D eigenvalue weighted by molar-refractivity contribution is 7.89. The number of hydrogen-bond acceptors (Lipinski definition) is 4. The molecule has 1 amide bonds. The van der Waals surface area contributed by atoms with E-state index < -0.39 is 28.7 Å². The number of ether oxygens (including phenoxy) is 1. The number of benzene rings is 1. The largest absolute Gasteiger partial charge is 0.405 e. The second-order valence-electron chi connectivity index (χ2n) is 4.77. The van der Waals surface area contributed by atoms with Crippen molar-refractivity contribution >= 4 is 15.9 Å². The van der Waals surface area contributed by atoms with Gasteiger partial charge in [-0.3, -0.25) is 4.79 Å². The molecule has 0 aliphatic carbocycles. The zero-order valence-electron chi connectivity index (χ0n) is 13.0. The summed E-state index contributed by atoms with van der Waals surface area (Å²) < 4.78 is 67.6. The van der Waals surface area contributed by atoms with Crippen LogP contribution in [0.2, 0.25) is 0 Å². The minimum Gasteiger partial charge on any atom is -0.382 e. The molecular weight excluding hydrogens is 349 g/mol. The van der Waals surface area contributed by atoms with E-state index in [4.69, 9.17) is 4.74 Å². The van der Waals surface area contributed by atoms with Crippen molar-refractivity contribution in [3.8, 4) is 0 Å². The van der Waals surface area contributed by atoms with E-state index >= 15 is 0 Å². The SMILES string of the molecule is CCOCCCNS(=O)(=O)c1ccc(C(=O)NCC(F)(F)F)cc1. The first kappa shape index (κ1) is 20.4. The van der Waals surface area contributed by atoms with Crippen LogP contribution in [0.3, 0.4) is 0 Å². The highest BCUT2D eigenvalue weighted by Crippen LogP contribution is 2.14. The van der Waals surface area contributed by atoms with E-state index in [0.29, 0.717) is 19.6 Å². The normalized spacial score (nSPS) is 12.2. The molecule has 0 atom stereocenters. The van der Waals surface area contributed by atoms with E-state index in [0.717, 1.165) is 24.3 Å². The van der Waals surface area contributed by atoms with Gasteiger partial charge < -0.3 is 10.1 Å². The number of carbonyl (C=O) groups is 1. The van der Waals surface area contributed by atoms with Gasteiger partial charge in [0.1, 0.15) is 6.54 Å². The van der Waals surface area contributed by atoms with Crippen LogP contribution >= 0.6 is 0 Å². The molecule has 0 radical (unpaired) electrons. The quantitative estimate of drug-likeness (QED) is 0.650. The number of sulfonamides is 1. The first-order valence-electron chi connectivity index (χ1n) is 7.18. The van der Waals surface area contributed by atoms with E-state index in [2.05, 4.69) is 4.72 Å². The minimum absolute atomic E-state index is 0.0606. The lowest BCUT2D eigenvalue weighted by molar-refractivity contribution is -0.123. The average molecular weight is 368 g/mol. The molecule has 0 heterocycles. The summed E-state index contributed by atoms with van der Waals surface area (Å²) in [6.45, 7) is 1.54. The third kappa shape index (κ3) is 7.28. The van der Waals surface area contributed by atoms with Gasteiger partial charge in [0.2, 0.25) is 10.0 Å². The molecule has 0 aromatic heterocycles. The number of amides is 1. The van der Waals surface area contributed by atoms with Crippen molar-refractivity contribution in [2.45, 2.75) is 24.4 Å². The predicted octanol–water partition coefficient (Wildman–Crippen LogP) is 1.68. The number of carbonyl (C=O) groups excluding carboxylic acids is 1. The molecule has 136 valence electrons. The summed E-state index contributed by atoms with van der Waals surface area (Å²) in [5, 5.41) is 1.71. The first-order chi connectivity index (χ1) is 11.2. The van der Waals surface area contributed by atoms with Gasteiger partial charge in [0.05, 0.1) is 4.90 Å². The van der Waals surface area contributed by atoms with Gasteiger partial charge in [-0.05, 0) is 37.6 Å². The van der Waals surface area contributed by atoms with Crippen molar-refractivity contribution in [3.63, 3.8) is 0 Å². The summed E-state index contributed by atoms with van der Waals surface area (Å²) in [6.07, 6.45) is -4.00. The molecule has 0 aliphatic heterocycles. The predicted molar refractivity (Wildman–Crippen MR) is 81.1 cm³/mol. The Balaban J connectivity index is 2.61. The number of alkyl halides is 3. The standard InChI is InChI=1S/C14H19F3N2O4S/c1-2-23-9-3-8-19-24(21,22)12-6-4-11(5-7-12)13(20)18-10-14(15,16)17/h4-7,19H,2-3,8-10H2,1H3,(H,18,20). The zero-order valence-corrected chi connectivity index (χ0v) is 13.8. The van der Waals surface area contributed by atoms with Gasteiger partial charge >= 0.3 is 6.18 Å². The van der Waals surface area contributed by atoms with Gasteiger partial charge in [0, 0.05) is 25.3 Å². The second-order valence-corrected chi connectivity index (χ2v) is 6.54. The Kier molecular flexibility index (Phi) is 7.64. The van der Waals surface area contributed by atoms with Gasteiger partial charge in [0.15, 0.2) is 0 Å². The Morgan fingerprint density at radius 2 is 1.83 bits per heavy atom. The van der Waals surface area contributed by atoms with Crippen LogP contribution in [0, 0.1) is 0 Å². The highest BCUT2D eigenvalue weighted by atomic mass is 32.2. The van der Waals surface area contributed by atoms with Crippen LogP contribution < -0.4 is 10.0 Å². The molecule has 0 fully saturated rings. The van der Waals surface area contributed by atoms with Gasteiger partial charge in [-0.2, -0.15) is 13.2 Å². The number of halogens is 3. The summed E-state index contributed by atoms with van der Waals surface area (Å²) in [7, 11) is -3.74. The maximum atomic E-state index is 12.0. The third-order valence-corrected chi connectivity index (χ3v) is 4.31. The van der Waals surface area contributed by atoms with Crippen molar-refractivity contribution in [2.75, 3.05) is 26.3 Å². The van der Waals surface area contributed by atoms with Gasteiger partial charge in [-0.1, -0.05) is 0 Å². The molecule has 0 saturated carbocycles. The molecule has 24 heavy (non-hydrogen) atoms. The molecule has 1 aromatic rings. The van der Waals surface area contributed by atoms with E-state index in [-0.39, 0.29) is 17.0 Å². The molecule has 1 aromatic carbocycles. The molecule has 2 N–H and O–H groups in total. The Labute approximate surface area is 138 Å². The molecule has 6 nitrogen and oxygen atoms in total. The van der Waals surface area contributed by atoms with E-state index in [1.807, 2.05) is 6.92 Å². The third-order valence-electron chi connectivity index (χ3n) is 2.84. The highest BCUT2D eigenvalue weighted by Gasteiger charge is 2.28.